The number of halogens is 1. The first kappa shape index (κ1) is 15.3. The number of benzene rings is 1. The van der Waals surface area contributed by atoms with Gasteiger partial charge < -0.3 is 14.6 Å². The average molecular weight is 351 g/mol. The van der Waals surface area contributed by atoms with Gasteiger partial charge in [-0.2, -0.15) is 0 Å². The molecule has 0 saturated heterocycles. The molecule has 1 heterocycles. The highest BCUT2D eigenvalue weighted by Crippen LogP contribution is 2.22. The normalized spacial score (nSPS) is 10.3. The van der Waals surface area contributed by atoms with E-state index >= 15 is 0 Å². The van der Waals surface area contributed by atoms with Crippen LogP contribution in [0.4, 0.5) is 5.69 Å². The highest BCUT2D eigenvalue weighted by molar-refractivity contribution is 9.10. The molecule has 0 bridgehead atoms. The molecule has 5 nitrogen and oxygen atoms in total. The van der Waals surface area contributed by atoms with Gasteiger partial charge in [0.15, 0.2) is 4.67 Å². The number of rotatable bonds is 3. The summed E-state index contributed by atoms with van der Waals surface area (Å²) < 4.78 is 5.42. The van der Waals surface area contributed by atoms with E-state index in [0.717, 1.165) is 5.56 Å². The van der Waals surface area contributed by atoms with Crippen molar-refractivity contribution in [2.45, 2.75) is 6.92 Å². The molecule has 0 radical (unpaired) electrons. The molecule has 0 spiro atoms. The number of furan rings is 1. The van der Waals surface area contributed by atoms with E-state index in [1.807, 2.05) is 6.92 Å². The van der Waals surface area contributed by atoms with Crippen molar-refractivity contribution >= 4 is 33.4 Å². The summed E-state index contributed by atoms with van der Waals surface area (Å²) in [4.78, 5) is 25.6. The van der Waals surface area contributed by atoms with Crippen molar-refractivity contribution in [2.24, 2.45) is 0 Å². The quantitative estimate of drug-likeness (QED) is 0.923. The number of carbonyl (C=O) groups excluding carboxylic acids is 2. The number of nitrogens with zero attached hydrogens (tertiary/aromatic N) is 1. The van der Waals surface area contributed by atoms with Crippen molar-refractivity contribution in [2.75, 3.05) is 19.4 Å². The molecule has 2 aromatic rings. The van der Waals surface area contributed by atoms with Crippen LogP contribution in [0, 0.1) is 6.92 Å². The predicted octanol–water partition coefficient (Wildman–Crippen LogP) is 3.30. The van der Waals surface area contributed by atoms with E-state index in [4.69, 9.17) is 4.42 Å². The molecule has 0 saturated carbocycles. The third-order valence-corrected chi connectivity index (χ3v) is 3.62. The summed E-state index contributed by atoms with van der Waals surface area (Å²) in [5.41, 5.74) is 2.39. The van der Waals surface area contributed by atoms with E-state index in [1.165, 1.54) is 11.2 Å². The van der Waals surface area contributed by atoms with Gasteiger partial charge >= 0.3 is 0 Å². The number of aryl methyl sites for hydroxylation is 1. The van der Waals surface area contributed by atoms with Crippen LogP contribution in [-0.4, -0.2) is 30.8 Å². The van der Waals surface area contributed by atoms with Gasteiger partial charge in [-0.05, 0) is 46.6 Å². The number of anilines is 1. The summed E-state index contributed by atoms with van der Waals surface area (Å²) in [5, 5.41) is 2.79. The smallest absolute Gasteiger partial charge is 0.260 e. The average Bonchev–Trinajstić information content (AvgIpc) is 2.86. The fourth-order valence-electron chi connectivity index (χ4n) is 1.79. The molecule has 2 amide bonds. The molecule has 0 aliphatic carbocycles. The fraction of sp³-hybridized carbons (Fsp3) is 0.200. The maximum atomic E-state index is 12.2. The first-order chi connectivity index (χ1) is 9.90. The highest BCUT2D eigenvalue weighted by atomic mass is 79.9. The lowest BCUT2D eigenvalue weighted by Gasteiger charge is -2.13. The Morgan fingerprint density at radius 2 is 1.95 bits per heavy atom. The molecule has 1 aromatic carbocycles. The van der Waals surface area contributed by atoms with Crippen molar-refractivity contribution in [3.05, 3.63) is 51.9 Å². The molecular weight excluding hydrogens is 336 g/mol. The molecule has 110 valence electrons. The van der Waals surface area contributed by atoms with Gasteiger partial charge in [-0.3, -0.25) is 9.59 Å². The van der Waals surface area contributed by atoms with Gasteiger partial charge in [0.25, 0.3) is 11.8 Å². The highest BCUT2D eigenvalue weighted by Gasteiger charge is 2.15. The van der Waals surface area contributed by atoms with Crippen LogP contribution in [0.15, 0.2) is 39.6 Å². The first-order valence-electron chi connectivity index (χ1n) is 6.27. The second-order valence-electron chi connectivity index (χ2n) is 4.79. The van der Waals surface area contributed by atoms with Crippen molar-refractivity contribution in [1.82, 2.24) is 4.90 Å². The minimum Gasteiger partial charge on any atom is -0.457 e. The Hall–Kier alpha value is -2.08. The predicted molar refractivity (Wildman–Crippen MR) is 83.6 cm³/mol. The molecular formula is C15H15BrN2O3. The largest absolute Gasteiger partial charge is 0.457 e. The Morgan fingerprint density at radius 3 is 2.52 bits per heavy atom. The van der Waals surface area contributed by atoms with Crippen LogP contribution in [0.5, 0.6) is 0 Å². The minimum atomic E-state index is -0.298. The van der Waals surface area contributed by atoms with Crippen LogP contribution in [0.1, 0.15) is 26.3 Å². The second-order valence-corrected chi connectivity index (χ2v) is 5.51. The van der Waals surface area contributed by atoms with E-state index in [-0.39, 0.29) is 11.8 Å². The van der Waals surface area contributed by atoms with E-state index < -0.39 is 0 Å². The van der Waals surface area contributed by atoms with Gasteiger partial charge in [-0.1, -0.05) is 6.07 Å². The topological polar surface area (TPSA) is 62.6 Å². The zero-order chi connectivity index (χ0) is 15.6. The number of hydrogen-bond acceptors (Lipinski definition) is 3. The van der Waals surface area contributed by atoms with Gasteiger partial charge in [0.05, 0.1) is 11.8 Å². The van der Waals surface area contributed by atoms with Crippen LogP contribution in [-0.2, 0) is 0 Å². The Morgan fingerprint density at radius 1 is 1.24 bits per heavy atom. The summed E-state index contributed by atoms with van der Waals surface area (Å²) in [7, 11) is 3.37. The van der Waals surface area contributed by atoms with Crippen LogP contribution < -0.4 is 5.32 Å². The number of carbonyl (C=O) groups is 2. The van der Waals surface area contributed by atoms with Crippen molar-refractivity contribution < 1.29 is 14.0 Å². The Balaban J connectivity index is 2.28. The van der Waals surface area contributed by atoms with E-state index in [2.05, 4.69) is 21.2 Å². The standard InChI is InChI=1S/C15H15BrN2O3/c1-9-4-5-10(15(20)18(2)3)8-12(9)17-14(19)11-6-7-21-13(11)16/h4-8H,1-3H3,(H,17,19). The summed E-state index contributed by atoms with van der Waals surface area (Å²) >= 11 is 3.17. The molecule has 1 aromatic heterocycles. The Kier molecular flexibility index (Phi) is 4.47. The van der Waals surface area contributed by atoms with Crippen LogP contribution in [0.2, 0.25) is 0 Å². The van der Waals surface area contributed by atoms with E-state index in [0.29, 0.717) is 21.5 Å². The zero-order valence-corrected chi connectivity index (χ0v) is 13.5. The molecule has 6 heteroatoms. The lowest BCUT2D eigenvalue weighted by Crippen LogP contribution is -2.22. The number of nitrogens with one attached hydrogen (secondary N) is 1. The fourth-order valence-corrected chi connectivity index (χ4v) is 2.21. The van der Waals surface area contributed by atoms with E-state index in [9.17, 15) is 9.59 Å². The third-order valence-electron chi connectivity index (χ3n) is 3.00. The summed E-state index contributed by atoms with van der Waals surface area (Å²) in [5.74, 6) is -0.414. The monoisotopic (exact) mass is 350 g/mol. The minimum absolute atomic E-state index is 0.116. The molecule has 1 N–H and O–H groups in total. The van der Waals surface area contributed by atoms with Gasteiger partial charge in [0.1, 0.15) is 0 Å². The summed E-state index contributed by atoms with van der Waals surface area (Å²) in [6.07, 6.45) is 1.43. The van der Waals surface area contributed by atoms with Gasteiger partial charge in [-0.25, -0.2) is 0 Å². The van der Waals surface area contributed by atoms with Gasteiger partial charge in [-0.15, -0.1) is 0 Å². The third kappa shape index (κ3) is 3.33. The maximum Gasteiger partial charge on any atom is 0.260 e. The zero-order valence-electron chi connectivity index (χ0n) is 11.9. The molecule has 0 aliphatic rings. The lowest BCUT2D eigenvalue weighted by molar-refractivity contribution is 0.0827. The van der Waals surface area contributed by atoms with Crippen molar-refractivity contribution in [1.29, 1.82) is 0 Å². The number of hydrogen-bond donors (Lipinski definition) is 1. The molecule has 0 atom stereocenters. The number of amides is 2. The van der Waals surface area contributed by atoms with Crippen LogP contribution in [0.25, 0.3) is 0 Å². The second kappa shape index (κ2) is 6.13. The lowest BCUT2D eigenvalue weighted by atomic mass is 10.1. The molecule has 0 aliphatic heterocycles. The Labute approximate surface area is 131 Å². The molecule has 2 rings (SSSR count). The summed E-state index contributed by atoms with van der Waals surface area (Å²) in [6.45, 7) is 1.87. The van der Waals surface area contributed by atoms with Crippen LogP contribution in [0.3, 0.4) is 0 Å². The van der Waals surface area contributed by atoms with Gasteiger partial charge in [0, 0.05) is 25.3 Å². The molecule has 0 unspecified atom stereocenters. The molecule has 0 fully saturated rings. The van der Waals surface area contributed by atoms with Gasteiger partial charge in [0.2, 0.25) is 0 Å². The van der Waals surface area contributed by atoms with Crippen molar-refractivity contribution in [3.8, 4) is 0 Å². The molecule has 21 heavy (non-hydrogen) atoms. The SMILES string of the molecule is Cc1ccc(C(=O)N(C)C)cc1NC(=O)c1ccoc1Br. The van der Waals surface area contributed by atoms with E-state index in [1.54, 1.807) is 38.4 Å². The first-order valence-corrected chi connectivity index (χ1v) is 7.06. The summed E-state index contributed by atoms with van der Waals surface area (Å²) in [6, 6.07) is 6.78. The van der Waals surface area contributed by atoms with Crippen LogP contribution >= 0.6 is 15.9 Å². The maximum absolute atomic E-state index is 12.2. The Bertz CT molecular complexity index is 692. The van der Waals surface area contributed by atoms with Crippen molar-refractivity contribution in [3.63, 3.8) is 0 Å².